The van der Waals surface area contributed by atoms with Gasteiger partial charge < -0.3 is 9.84 Å². The minimum Gasteiger partial charge on any atom is -0.339 e. The van der Waals surface area contributed by atoms with Crippen molar-refractivity contribution in [2.45, 2.75) is 25.7 Å². The molecule has 1 aromatic heterocycles. The first kappa shape index (κ1) is 7.73. The lowest BCUT2D eigenvalue weighted by molar-refractivity contribution is 0.306. The van der Waals surface area contributed by atoms with Gasteiger partial charge in [0, 0.05) is 19.5 Å². The van der Waals surface area contributed by atoms with Crippen molar-refractivity contribution in [3.8, 4) is 0 Å². The molecule has 12 heavy (non-hydrogen) atoms. The molecule has 1 aromatic rings. The molecule has 2 rings (SSSR count). The van der Waals surface area contributed by atoms with Crippen LogP contribution >= 0.6 is 0 Å². The lowest BCUT2D eigenvalue weighted by Crippen LogP contribution is -2.40. The van der Waals surface area contributed by atoms with E-state index in [4.69, 9.17) is 4.52 Å². The van der Waals surface area contributed by atoms with E-state index in [1.807, 2.05) is 0 Å². The molecule has 1 aliphatic heterocycles. The van der Waals surface area contributed by atoms with Gasteiger partial charge in [-0.2, -0.15) is 4.98 Å². The maximum Gasteiger partial charge on any atom is 0.232 e. The summed E-state index contributed by atoms with van der Waals surface area (Å²) in [5.41, 5.74) is 0. The van der Waals surface area contributed by atoms with E-state index >= 15 is 0 Å². The van der Waals surface area contributed by atoms with Crippen LogP contribution in [0.4, 0.5) is 0 Å². The van der Waals surface area contributed by atoms with Gasteiger partial charge in [0.15, 0.2) is 5.82 Å². The van der Waals surface area contributed by atoms with Crippen molar-refractivity contribution < 1.29 is 4.52 Å². The third-order valence-corrected chi connectivity index (χ3v) is 2.09. The van der Waals surface area contributed by atoms with Crippen LogP contribution < -0.4 is 5.32 Å². The number of aryl methyl sites for hydroxylation is 1. The number of nitrogens with one attached hydrogen (secondary N) is 1. The van der Waals surface area contributed by atoms with E-state index in [1.54, 1.807) is 0 Å². The highest BCUT2D eigenvalue weighted by atomic mass is 16.5. The zero-order valence-corrected chi connectivity index (χ0v) is 7.21. The summed E-state index contributed by atoms with van der Waals surface area (Å²) in [4.78, 5) is 4.30. The zero-order chi connectivity index (χ0) is 8.39. The molecule has 0 radical (unpaired) electrons. The van der Waals surface area contributed by atoms with Gasteiger partial charge in [0.05, 0.1) is 5.92 Å². The van der Waals surface area contributed by atoms with Crippen LogP contribution in [-0.4, -0.2) is 23.2 Å². The van der Waals surface area contributed by atoms with E-state index in [0.29, 0.717) is 5.92 Å². The number of rotatable bonds is 3. The van der Waals surface area contributed by atoms with Gasteiger partial charge in [-0.25, -0.2) is 0 Å². The highest BCUT2D eigenvalue weighted by Crippen LogP contribution is 2.17. The molecule has 66 valence electrons. The van der Waals surface area contributed by atoms with Crippen molar-refractivity contribution in [1.29, 1.82) is 0 Å². The van der Waals surface area contributed by atoms with Crippen LogP contribution in [0.1, 0.15) is 31.0 Å². The standard InChI is InChI=1S/C8H13N3O/c1-2-3-7-10-8(12-11-7)6-4-9-5-6/h6,9H,2-5H2,1H3. The van der Waals surface area contributed by atoms with Gasteiger partial charge in [-0.05, 0) is 6.42 Å². The van der Waals surface area contributed by atoms with Crippen molar-refractivity contribution in [3.05, 3.63) is 11.7 Å². The average molecular weight is 167 g/mol. The quantitative estimate of drug-likeness (QED) is 0.720. The summed E-state index contributed by atoms with van der Waals surface area (Å²) in [5, 5.41) is 7.07. The van der Waals surface area contributed by atoms with E-state index in [9.17, 15) is 0 Å². The molecule has 0 aliphatic carbocycles. The summed E-state index contributed by atoms with van der Waals surface area (Å²) in [5.74, 6) is 2.11. The van der Waals surface area contributed by atoms with Crippen LogP contribution in [0.5, 0.6) is 0 Å². The molecule has 1 saturated heterocycles. The highest BCUT2D eigenvalue weighted by Gasteiger charge is 2.24. The maximum absolute atomic E-state index is 5.12. The summed E-state index contributed by atoms with van der Waals surface area (Å²) < 4.78 is 5.12. The van der Waals surface area contributed by atoms with Crippen LogP contribution in [0, 0.1) is 0 Å². The molecule has 0 atom stereocenters. The Labute approximate surface area is 71.4 Å². The third kappa shape index (κ3) is 1.34. The van der Waals surface area contributed by atoms with Crippen molar-refractivity contribution in [2.24, 2.45) is 0 Å². The number of aromatic nitrogens is 2. The lowest BCUT2D eigenvalue weighted by atomic mass is 10.0. The molecule has 0 spiro atoms. The monoisotopic (exact) mass is 167 g/mol. The second kappa shape index (κ2) is 3.23. The lowest BCUT2D eigenvalue weighted by Gasteiger charge is -2.22. The van der Waals surface area contributed by atoms with Gasteiger partial charge in [0.2, 0.25) is 5.89 Å². The molecular weight excluding hydrogens is 154 g/mol. The Morgan fingerprint density at radius 1 is 1.58 bits per heavy atom. The molecule has 4 heteroatoms. The zero-order valence-electron chi connectivity index (χ0n) is 7.21. The van der Waals surface area contributed by atoms with Gasteiger partial charge in [-0.1, -0.05) is 12.1 Å². The summed E-state index contributed by atoms with van der Waals surface area (Å²) in [6.07, 6.45) is 1.99. The first-order valence-electron chi connectivity index (χ1n) is 4.43. The molecule has 0 amide bonds. The summed E-state index contributed by atoms with van der Waals surface area (Å²) in [7, 11) is 0. The van der Waals surface area contributed by atoms with Gasteiger partial charge in [0.1, 0.15) is 0 Å². The maximum atomic E-state index is 5.12. The molecule has 0 aromatic carbocycles. The Kier molecular flexibility index (Phi) is 2.08. The van der Waals surface area contributed by atoms with E-state index in [-0.39, 0.29) is 0 Å². The Balaban J connectivity index is 2.02. The Morgan fingerprint density at radius 2 is 2.42 bits per heavy atom. The van der Waals surface area contributed by atoms with E-state index in [1.165, 1.54) is 0 Å². The molecule has 2 heterocycles. The third-order valence-electron chi connectivity index (χ3n) is 2.09. The SMILES string of the molecule is CCCc1noc(C2CNC2)n1. The largest absolute Gasteiger partial charge is 0.339 e. The number of hydrogen-bond donors (Lipinski definition) is 1. The van der Waals surface area contributed by atoms with Gasteiger partial charge in [-0.15, -0.1) is 0 Å². The molecule has 1 N–H and O–H groups in total. The number of hydrogen-bond acceptors (Lipinski definition) is 4. The van der Waals surface area contributed by atoms with E-state index in [2.05, 4.69) is 22.4 Å². The van der Waals surface area contributed by atoms with Crippen molar-refractivity contribution >= 4 is 0 Å². The van der Waals surface area contributed by atoms with Crippen LogP contribution in [0.25, 0.3) is 0 Å². The molecule has 1 fully saturated rings. The van der Waals surface area contributed by atoms with Gasteiger partial charge >= 0.3 is 0 Å². The second-order valence-electron chi connectivity index (χ2n) is 3.15. The van der Waals surface area contributed by atoms with Crippen LogP contribution in [0.3, 0.4) is 0 Å². The van der Waals surface area contributed by atoms with E-state index < -0.39 is 0 Å². The number of nitrogens with zero attached hydrogens (tertiary/aromatic N) is 2. The van der Waals surface area contributed by atoms with Crippen molar-refractivity contribution in [1.82, 2.24) is 15.5 Å². The van der Waals surface area contributed by atoms with Crippen LogP contribution in [0.2, 0.25) is 0 Å². The minimum absolute atomic E-state index is 0.461. The molecular formula is C8H13N3O. The van der Waals surface area contributed by atoms with Gasteiger partial charge in [0.25, 0.3) is 0 Å². The fraction of sp³-hybridized carbons (Fsp3) is 0.750. The van der Waals surface area contributed by atoms with Crippen molar-refractivity contribution in [2.75, 3.05) is 13.1 Å². The van der Waals surface area contributed by atoms with Crippen LogP contribution in [0.15, 0.2) is 4.52 Å². The first-order chi connectivity index (χ1) is 5.90. The fourth-order valence-electron chi connectivity index (χ4n) is 1.22. The smallest absolute Gasteiger partial charge is 0.232 e. The minimum atomic E-state index is 0.461. The summed E-state index contributed by atoms with van der Waals surface area (Å²) >= 11 is 0. The molecule has 0 saturated carbocycles. The molecule has 4 nitrogen and oxygen atoms in total. The van der Waals surface area contributed by atoms with Crippen LogP contribution in [-0.2, 0) is 6.42 Å². The molecule has 0 bridgehead atoms. The normalized spacial score (nSPS) is 17.8. The average Bonchev–Trinajstić information content (AvgIpc) is 2.34. The predicted molar refractivity (Wildman–Crippen MR) is 43.9 cm³/mol. The Bertz CT molecular complexity index is 255. The van der Waals surface area contributed by atoms with E-state index in [0.717, 1.165) is 37.6 Å². The summed E-state index contributed by atoms with van der Waals surface area (Å²) in [6.45, 7) is 4.07. The molecule has 1 aliphatic rings. The highest BCUT2D eigenvalue weighted by molar-refractivity contribution is 5.00. The predicted octanol–water partition coefficient (Wildman–Crippen LogP) is 0.709. The second-order valence-corrected chi connectivity index (χ2v) is 3.15. The fourth-order valence-corrected chi connectivity index (χ4v) is 1.22. The summed E-state index contributed by atoms with van der Waals surface area (Å²) in [6, 6.07) is 0. The van der Waals surface area contributed by atoms with Gasteiger partial charge in [-0.3, -0.25) is 0 Å². The Hall–Kier alpha value is -0.900. The topological polar surface area (TPSA) is 51.0 Å². The Morgan fingerprint density at radius 3 is 3.00 bits per heavy atom. The molecule has 0 unspecified atom stereocenters. The van der Waals surface area contributed by atoms with Crippen molar-refractivity contribution in [3.63, 3.8) is 0 Å². The first-order valence-corrected chi connectivity index (χ1v) is 4.43.